The van der Waals surface area contributed by atoms with Gasteiger partial charge in [-0.1, -0.05) is 16.8 Å². The van der Waals surface area contributed by atoms with Crippen LogP contribution in [0.1, 0.15) is 30.8 Å². The van der Waals surface area contributed by atoms with Crippen LogP contribution in [0.15, 0.2) is 36.8 Å². The zero-order valence-corrected chi connectivity index (χ0v) is 22.2. The van der Waals surface area contributed by atoms with Gasteiger partial charge in [-0.2, -0.15) is 5.10 Å². The minimum atomic E-state index is -1.51. The van der Waals surface area contributed by atoms with Crippen molar-refractivity contribution in [1.82, 2.24) is 34.5 Å². The Morgan fingerprint density at radius 3 is 2.79 bits per heavy atom. The van der Waals surface area contributed by atoms with Gasteiger partial charge in [0.2, 0.25) is 0 Å². The van der Waals surface area contributed by atoms with Gasteiger partial charge in [-0.3, -0.25) is 9.88 Å². The summed E-state index contributed by atoms with van der Waals surface area (Å²) in [5, 5.41) is 24.4. The Kier molecular flexibility index (Phi) is 6.74. The third-order valence-electron chi connectivity index (χ3n) is 7.51. The van der Waals surface area contributed by atoms with E-state index in [0.717, 1.165) is 12.7 Å². The van der Waals surface area contributed by atoms with Gasteiger partial charge >= 0.3 is 0 Å². The second kappa shape index (κ2) is 10.1. The molecule has 13 heteroatoms. The molecule has 10 nitrogen and oxygen atoms in total. The molecule has 2 fully saturated rings. The summed E-state index contributed by atoms with van der Waals surface area (Å²) in [4.78, 5) is 6.12. The maximum Gasteiger partial charge on any atom is 0.147 e. The number of piperidine rings is 1. The lowest BCUT2D eigenvalue weighted by Crippen LogP contribution is -2.55. The molecule has 6 heterocycles. The van der Waals surface area contributed by atoms with Crippen molar-refractivity contribution in [3.8, 4) is 17.0 Å². The van der Waals surface area contributed by atoms with Crippen LogP contribution in [0.2, 0.25) is 5.02 Å². The van der Waals surface area contributed by atoms with Crippen LogP contribution in [0.3, 0.4) is 0 Å². The fourth-order valence-corrected chi connectivity index (χ4v) is 5.38. The molecule has 0 aromatic carbocycles. The molecule has 0 amide bonds. The largest absolute Gasteiger partial charge is 0.488 e. The second-order valence-electron chi connectivity index (χ2n) is 10.3. The van der Waals surface area contributed by atoms with Gasteiger partial charge < -0.3 is 14.6 Å². The van der Waals surface area contributed by atoms with E-state index in [4.69, 9.17) is 21.1 Å². The van der Waals surface area contributed by atoms with Crippen molar-refractivity contribution < 1.29 is 23.4 Å². The number of hydrogen-bond acceptors (Lipinski definition) is 8. The molecular weight excluding hydrogens is 532 g/mol. The smallest absolute Gasteiger partial charge is 0.147 e. The predicted octanol–water partition coefficient (Wildman–Crippen LogP) is 3.36. The number of hydrogen-bond donors (Lipinski definition) is 1. The van der Waals surface area contributed by atoms with Crippen molar-refractivity contribution in [3.63, 3.8) is 0 Å². The summed E-state index contributed by atoms with van der Waals surface area (Å²) in [6.07, 6.45) is 3.82. The lowest BCUT2D eigenvalue weighted by Gasteiger charge is -2.42. The van der Waals surface area contributed by atoms with E-state index in [2.05, 4.69) is 25.3 Å². The number of alkyl halides is 1. The third-order valence-corrected chi connectivity index (χ3v) is 7.79. The van der Waals surface area contributed by atoms with Crippen molar-refractivity contribution in [2.45, 2.75) is 44.1 Å². The van der Waals surface area contributed by atoms with Gasteiger partial charge in [0.1, 0.15) is 41.2 Å². The first-order valence-corrected chi connectivity index (χ1v) is 13.1. The van der Waals surface area contributed by atoms with Crippen LogP contribution in [0, 0.1) is 12.7 Å². The molecule has 0 saturated carbocycles. The molecule has 2 aliphatic rings. The molecule has 3 atom stereocenters. The Bertz CT molecular complexity index is 1490. The fraction of sp³-hybridized carbons (Fsp3) is 0.462. The summed E-state index contributed by atoms with van der Waals surface area (Å²) in [7, 11) is 0. The molecule has 39 heavy (non-hydrogen) atoms. The third kappa shape index (κ3) is 4.86. The van der Waals surface area contributed by atoms with E-state index in [-0.39, 0.29) is 12.3 Å². The van der Waals surface area contributed by atoms with Gasteiger partial charge in [-0.15, -0.1) is 5.10 Å². The molecule has 6 rings (SSSR count). The Hall–Kier alpha value is -3.19. The molecule has 4 aromatic heterocycles. The quantitative estimate of drug-likeness (QED) is 0.368. The van der Waals surface area contributed by atoms with Crippen molar-refractivity contribution in [3.05, 3.63) is 59.0 Å². The lowest BCUT2D eigenvalue weighted by molar-refractivity contribution is -0.0849. The minimum absolute atomic E-state index is 0.188. The number of nitrogens with zero attached hydrogens (tertiary/aromatic N) is 7. The summed E-state index contributed by atoms with van der Waals surface area (Å²) in [5.74, 6) is -0.150. The molecule has 206 valence electrons. The summed E-state index contributed by atoms with van der Waals surface area (Å²) in [6, 6.07) is 4.25. The Labute approximate surface area is 228 Å². The van der Waals surface area contributed by atoms with Gasteiger partial charge in [0.15, 0.2) is 0 Å². The number of ether oxygens (including phenoxy) is 2. The van der Waals surface area contributed by atoms with Crippen molar-refractivity contribution in [2.75, 3.05) is 32.9 Å². The molecular formula is C26H28ClF2N7O3. The molecule has 4 aromatic rings. The second-order valence-corrected chi connectivity index (χ2v) is 10.7. The summed E-state index contributed by atoms with van der Waals surface area (Å²) in [6.45, 7) is 5.62. The SMILES string of the molecule is Cc1c(-c2cc(OCC(C)(O)c3ccc(F)cn3)c3c(Cl)cnn3c2)nnn1[C@@H]1CCN(C2COC2)C[C@H]1F. The maximum absolute atomic E-state index is 15.3. The van der Waals surface area contributed by atoms with Crippen LogP contribution >= 0.6 is 11.6 Å². The number of rotatable bonds is 7. The number of likely N-dealkylation sites (tertiary alicyclic amines) is 1. The molecule has 0 radical (unpaired) electrons. The zero-order valence-electron chi connectivity index (χ0n) is 21.5. The normalized spacial score (nSPS) is 22.1. The molecule has 2 saturated heterocycles. The minimum Gasteiger partial charge on any atom is -0.488 e. The van der Waals surface area contributed by atoms with Crippen molar-refractivity contribution in [1.29, 1.82) is 0 Å². The van der Waals surface area contributed by atoms with E-state index >= 15 is 4.39 Å². The van der Waals surface area contributed by atoms with Gasteiger partial charge in [0.25, 0.3) is 0 Å². The van der Waals surface area contributed by atoms with Crippen LogP contribution in [0.5, 0.6) is 5.75 Å². The van der Waals surface area contributed by atoms with Gasteiger partial charge in [-0.05, 0) is 38.5 Å². The highest BCUT2D eigenvalue weighted by Crippen LogP contribution is 2.35. The Morgan fingerprint density at radius 2 is 2.10 bits per heavy atom. The number of pyridine rings is 2. The standard InChI is InChI=1S/C26H28ClF2N7O3/c1-15-24(32-33-36(15)21-5-6-34(11-20(21)29)18-12-38-13-18)16-7-22(25-19(27)9-31-35(25)10-16)39-14-26(2,37)23-4-3-17(28)8-30-23/h3-4,7-10,18,20-21,37H,5-6,11-14H2,1-2H3/t20-,21-,26?/m1/s1. The van der Waals surface area contributed by atoms with Crippen LogP contribution in [0.4, 0.5) is 8.78 Å². The van der Waals surface area contributed by atoms with E-state index in [1.807, 2.05) is 6.92 Å². The maximum atomic E-state index is 15.3. The first kappa shape index (κ1) is 26.1. The average molecular weight is 560 g/mol. The molecule has 1 N–H and O–H groups in total. The molecule has 1 unspecified atom stereocenters. The first-order chi connectivity index (χ1) is 18.7. The fourth-order valence-electron chi connectivity index (χ4n) is 5.15. The number of aromatic nitrogens is 6. The summed E-state index contributed by atoms with van der Waals surface area (Å²) in [5.41, 5.74) is 1.16. The Morgan fingerprint density at radius 1 is 1.28 bits per heavy atom. The molecule has 0 spiro atoms. The summed E-state index contributed by atoms with van der Waals surface area (Å²) < 4.78 is 43.1. The van der Waals surface area contributed by atoms with Crippen LogP contribution < -0.4 is 4.74 Å². The van der Waals surface area contributed by atoms with E-state index in [1.54, 1.807) is 21.5 Å². The molecule has 0 aliphatic carbocycles. The Balaban J connectivity index is 1.27. The first-order valence-electron chi connectivity index (χ1n) is 12.7. The number of aliphatic hydroxyl groups is 1. The topological polar surface area (TPSA) is 103 Å². The zero-order chi connectivity index (χ0) is 27.3. The molecule has 0 bridgehead atoms. The number of halogens is 3. The predicted molar refractivity (Wildman–Crippen MR) is 138 cm³/mol. The van der Waals surface area contributed by atoms with Gasteiger partial charge in [-0.25, -0.2) is 18.0 Å². The highest BCUT2D eigenvalue weighted by Gasteiger charge is 2.37. The highest BCUT2D eigenvalue weighted by atomic mass is 35.5. The van der Waals surface area contributed by atoms with Gasteiger partial charge in [0, 0.05) is 24.8 Å². The van der Waals surface area contributed by atoms with E-state index < -0.39 is 23.6 Å². The van der Waals surface area contributed by atoms with Crippen LogP contribution in [-0.4, -0.2) is 84.7 Å². The van der Waals surface area contributed by atoms with Gasteiger partial charge in [0.05, 0.1) is 54.1 Å². The van der Waals surface area contributed by atoms with Crippen LogP contribution in [-0.2, 0) is 10.3 Å². The van der Waals surface area contributed by atoms with E-state index in [0.29, 0.717) is 65.5 Å². The molecule has 2 aliphatic heterocycles. The van der Waals surface area contributed by atoms with E-state index in [1.165, 1.54) is 25.3 Å². The average Bonchev–Trinajstić information content (AvgIpc) is 3.44. The number of fused-ring (bicyclic) bond motifs is 1. The van der Waals surface area contributed by atoms with Crippen molar-refractivity contribution in [2.24, 2.45) is 0 Å². The van der Waals surface area contributed by atoms with E-state index in [9.17, 15) is 9.50 Å². The lowest BCUT2D eigenvalue weighted by atomic mass is 10.00. The summed E-state index contributed by atoms with van der Waals surface area (Å²) >= 11 is 6.40. The highest BCUT2D eigenvalue weighted by molar-refractivity contribution is 6.34. The van der Waals surface area contributed by atoms with Crippen molar-refractivity contribution >= 4 is 17.1 Å². The van der Waals surface area contributed by atoms with Crippen LogP contribution in [0.25, 0.3) is 16.8 Å². The monoisotopic (exact) mass is 559 g/mol.